The fourth-order valence-electron chi connectivity index (χ4n) is 4.96. The van der Waals surface area contributed by atoms with Crippen LogP contribution in [0.5, 0.6) is 0 Å². The van der Waals surface area contributed by atoms with Gasteiger partial charge >= 0.3 is 0 Å². The summed E-state index contributed by atoms with van der Waals surface area (Å²) in [7, 11) is 0. The van der Waals surface area contributed by atoms with Gasteiger partial charge in [-0.3, -0.25) is 14.6 Å². The van der Waals surface area contributed by atoms with E-state index >= 15 is 0 Å². The van der Waals surface area contributed by atoms with Crippen LogP contribution in [0.3, 0.4) is 0 Å². The first-order valence-electron chi connectivity index (χ1n) is 12.1. The number of nitrogens with zero attached hydrogens (tertiary/aromatic N) is 2. The van der Waals surface area contributed by atoms with Crippen molar-refractivity contribution in [1.29, 1.82) is 0 Å². The maximum Gasteiger partial charge on any atom is 0.224 e. The van der Waals surface area contributed by atoms with Crippen LogP contribution < -0.4 is 5.32 Å². The Hall–Kier alpha value is -1.88. The monoisotopic (exact) mass is 453 g/mol. The Morgan fingerprint density at radius 1 is 0.938 bits per heavy atom. The summed E-state index contributed by atoms with van der Waals surface area (Å²) in [6.45, 7) is 9.04. The summed E-state index contributed by atoms with van der Waals surface area (Å²) in [5.74, 6) is 1.09. The highest BCUT2D eigenvalue weighted by atomic mass is 35.5. The highest BCUT2D eigenvalue weighted by Gasteiger charge is 2.25. The Kier molecular flexibility index (Phi) is 8.23. The van der Waals surface area contributed by atoms with Crippen molar-refractivity contribution in [1.82, 2.24) is 15.1 Å². The second kappa shape index (κ2) is 11.3. The maximum atomic E-state index is 12.9. The van der Waals surface area contributed by atoms with Gasteiger partial charge in [0.05, 0.1) is 5.92 Å². The smallest absolute Gasteiger partial charge is 0.224 e. The first-order valence-corrected chi connectivity index (χ1v) is 12.5. The molecule has 2 aromatic carbocycles. The summed E-state index contributed by atoms with van der Waals surface area (Å²) in [5, 5.41) is 3.97. The molecule has 0 aliphatic carbocycles. The second-order valence-corrected chi connectivity index (χ2v) is 10.1. The number of amides is 1. The molecule has 0 aromatic heterocycles. The van der Waals surface area contributed by atoms with Crippen LogP contribution in [0, 0.1) is 11.8 Å². The van der Waals surface area contributed by atoms with Gasteiger partial charge in [0, 0.05) is 31.2 Å². The van der Waals surface area contributed by atoms with Crippen molar-refractivity contribution in [2.45, 2.75) is 52.2 Å². The largest absolute Gasteiger partial charge is 0.352 e. The van der Waals surface area contributed by atoms with E-state index < -0.39 is 0 Å². The van der Waals surface area contributed by atoms with Crippen LogP contribution in [-0.2, 0) is 24.4 Å². The van der Waals surface area contributed by atoms with Gasteiger partial charge in [0.1, 0.15) is 0 Å². The lowest BCUT2D eigenvalue weighted by atomic mass is 9.96. The minimum Gasteiger partial charge on any atom is -0.352 e. The van der Waals surface area contributed by atoms with Crippen LogP contribution in [0.4, 0.5) is 0 Å². The summed E-state index contributed by atoms with van der Waals surface area (Å²) in [4.78, 5) is 17.8. The lowest BCUT2D eigenvalue weighted by Gasteiger charge is -2.32. The lowest BCUT2D eigenvalue weighted by Crippen LogP contribution is -2.42. The van der Waals surface area contributed by atoms with Crippen LogP contribution >= 0.6 is 11.6 Å². The molecular weight excluding hydrogens is 418 g/mol. The van der Waals surface area contributed by atoms with Gasteiger partial charge in [0.2, 0.25) is 5.91 Å². The number of hydrogen-bond acceptors (Lipinski definition) is 3. The summed E-state index contributed by atoms with van der Waals surface area (Å²) in [6.07, 6.45) is 4.62. The number of benzene rings is 2. The van der Waals surface area contributed by atoms with Gasteiger partial charge in [-0.05, 0) is 80.1 Å². The molecule has 1 amide bonds. The third-order valence-corrected chi connectivity index (χ3v) is 7.15. The van der Waals surface area contributed by atoms with Gasteiger partial charge in [-0.25, -0.2) is 0 Å². The molecule has 0 bridgehead atoms. The molecule has 2 heterocycles. The highest BCUT2D eigenvalue weighted by Crippen LogP contribution is 2.21. The zero-order chi connectivity index (χ0) is 22.3. The van der Waals surface area contributed by atoms with Crippen molar-refractivity contribution in [3.05, 3.63) is 70.2 Å². The molecule has 0 radical (unpaired) electrons. The third kappa shape index (κ3) is 6.81. The molecule has 1 atom stereocenters. The van der Waals surface area contributed by atoms with Gasteiger partial charge in [0.15, 0.2) is 0 Å². The number of hydrogen-bond donors (Lipinski definition) is 1. The molecular formula is C27H36ClN3O. The maximum absolute atomic E-state index is 12.9. The average molecular weight is 454 g/mol. The van der Waals surface area contributed by atoms with E-state index in [1.807, 2.05) is 18.2 Å². The highest BCUT2D eigenvalue weighted by molar-refractivity contribution is 6.30. The molecule has 1 unspecified atom stereocenters. The van der Waals surface area contributed by atoms with Crippen LogP contribution in [0.1, 0.15) is 49.3 Å². The number of carbonyl (C=O) groups is 1. The Bertz CT molecular complexity index is 894. The molecule has 2 aromatic rings. The minimum absolute atomic E-state index is 0.0569. The zero-order valence-electron chi connectivity index (χ0n) is 19.2. The van der Waals surface area contributed by atoms with E-state index in [0.717, 1.165) is 50.0 Å². The van der Waals surface area contributed by atoms with E-state index in [1.54, 1.807) is 0 Å². The molecule has 2 aliphatic rings. The third-order valence-electron chi connectivity index (χ3n) is 6.91. The van der Waals surface area contributed by atoms with Crippen molar-refractivity contribution in [3.8, 4) is 0 Å². The molecule has 5 heteroatoms. The first kappa shape index (κ1) is 23.3. The van der Waals surface area contributed by atoms with Crippen LogP contribution in [0.15, 0.2) is 48.5 Å². The number of carbonyl (C=O) groups excluding carboxylic acids is 1. The quantitative estimate of drug-likeness (QED) is 0.633. The lowest BCUT2D eigenvalue weighted by molar-refractivity contribution is -0.126. The molecule has 2 fully saturated rings. The molecule has 4 rings (SSSR count). The molecule has 172 valence electrons. The fourth-order valence-corrected chi connectivity index (χ4v) is 5.17. The van der Waals surface area contributed by atoms with Crippen LogP contribution in [0.2, 0.25) is 5.02 Å². The van der Waals surface area contributed by atoms with E-state index in [1.165, 1.54) is 42.6 Å². The Morgan fingerprint density at radius 3 is 2.41 bits per heavy atom. The van der Waals surface area contributed by atoms with Gasteiger partial charge < -0.3 is 5.32 Å². The van der Waals surface area contributed by atoms with Gasteiger partial charge in [-0.2, -0.15) is 0 Å². The van der Waals surface area contributed by atoms with E-state index in [4.69, 9.17) is 11.6 Å². The number of halogens is 1. The molecule has 32 heavy (non-hydrogen) atoms. The van der Waals surface area contributed by atoms with Crippen LogP contribution in [0.25, 0.3) is 0 Å². The van der Waals surface area contributed by atoms with E-state index in [-0.39, 0.29) is 11.8 Å². The second-order valence-electron chi connectivity index (χ2n) is 9.70. The van der Waals surface area contributed by atoms with Crippen molar-refractivity contribution in [2.24, 2.45) is 11.8 Å². The summed E-state index contributed by atoms with van der Waals surface area (Å²) < 4.78 is 0. The van der Waals surface area contributed by atoms with E-state index in [9.17, 15) is 4.79 Å². The molecule has 0 spiro atoms. The standard InChI is InChI=1S/C27H36ClN3O/c1-21-10-13-30(14-11-21)18-23-6-2-5-22(15-23)17-29-27(32)25-8-4-12-31(20-25)19-24-7-3-9-26(28)16-24/h2-3,5-7,9,15-16,21,25H,4,8,10-14,17-20H2,1H3,(H,29,32). The van der Waals surface area contributed by atoms with Gasteiger partial charge in [0.25, 0.3) is 0 Å². The Balaban J connectivity index is 1.26. The predicted octanol–water partition coefficient (Wildman–Crippen LogP) is 5.10. The first-order chi connectivity index (χ1) is 15.5. The number of rotatable bonds is 7. The van der Waals surface area contributed by atoms with Crippen molar-refractivity contribution in [2.75, 3.05) is 26.2 Å². The van der Waals surface area contributed by atoms with E-state index in [2.05, 4.69) is 52.4 Å². The Labute approximate surface area is 197 Å². The number of piperidine rings is 2. The topological polar surface area (TPSA) is 35.6 Å². The minimum atomic E-state index is 0.0569. The van der Waals surface area contributed by atoms with Gasteiger partial charge in [-0.15, -0.1) is 0 Å². The van der Waals surface area contributed by atoms with Crippen molar-refractivity contribution < 1.29 is 4.79 Å². The molecule has 1 N–H and O–H groups in total. The molecule has 0 saturated carbocycles. The zero-order valence-corrected chi connectivity index (χ0v) is 20.0. The van der Waals surface area contributed by atoms with Crippen molar-refractivity contribution in [3.63, 3.8) is 0 Å². The van der Waals surface area contributed by atoms with E-state index in [0.29, 0.717) is 6.54 Å². The molecule has 2 aliphatic heterocycles. The Morgan fingerprint density at radius 2 is 1.62 bits per heavy atom. The molecule has 2 saturated heterocycles. The number of nitrogens with one attached hydrogen (secondary N) is 1. The summed E-state index contributed by atoms with van der Waals surface area (Å²) in [5.41, 5.74) is 3.74. The molecule has 4 nitrogen and oxygen atoms in total. The van der Waals surface area contributed by atoms with Gasteiger partial charge in [-0.1, -0.05) is 54.9 Å². The fraction of sp³-hybridized carbons (Fsp3) is 0.519. The normalized spacial score (nSPS) is 20.9. The van der Waals surface area contributed by atoms with Crippen LogP contribution in [-0.4, -0.2) is 41.9 Å². The number of likely N-dealkylation sites (tertiary alicyclic amines) is 2. The summed E-state index contributed by atoms with van der Waals surface area (Å²) in [6, 6.07) is 16.7. The SMILES string of the molecule is CC1CCN(Cc2cccc(CNC(=O)C3CCCN(Cc4cccc(Cl)c4)C3)c2)CC1. The predicted molar refractivity (Wildman–Crippen MR) is 131 cm³/mol. The summed E-state index contributed by atoms with van der Waals surface area (Å²) >= 11 is 6.13. The van der Waals surface area contributed by atoms with Crippen molar-refractivity contribution >= 4 is 17.5 Å². The average Bonchev–Trinajstić information content (AvgIpc) is 2.79.